The number of rotatable bonds is 10. The van der Waals surface area contributed by atoms with Gasteiger partial charge in [0, 0.05) is 6.92 Å². The molecule has 0 heterocycles. The zero-order chi connectivity index (χ0) is 17.2. The van der Waals surface area contributed by atoms with Crippen molar-refractivity contribution in [1.82, 2.24) is 0 Å². The van der Waals surface area contributed by atoms with Crippen LogP contribution in [0.2, 0.25) is 0 Å². The van der Waals surface area contributed by atoms with E-state index in [9.17, 15) is 4.79 Å². The molecule has 2 rings (SSSR count). The Balaban J connectivity index is 1.82. The highest BCUT2D eigenvalue weighted by Crippen LogP contribution is 2.25. The molecule has 0 bridgehead atoms. The number of benzene rings is 2. The average Bonchev–Trinajstić information content (AvgIpc) is 2.58. The van der Waals surface area contributed by atoms with Crippen molar-refractivity contribution in [3.8, 4) is 11.5 Å². The third kappa shape index (κ3) is 6.11. The van der Waals surface area contributed by atoms with Crippen LogP contribution in [0, 0.1) is 0 Å². The molecule has 24 heavy (non-hydrogen) atoms. The van der Waals surface area contributed by atoms with Crippen molar-refractivity contribution in [1.29, 1.82) is 0 Å². The van der Waals surface area contributed by atoms with Crippen LogP contribution in [-0.2, 0) is 9.53 Å². The number of unbranched alkanes of at least 4 members (excludes halogenated alkanes) is 2. The first kappa shape index (κ1) is 18.1. The van der Waals surface area contributed by atoms with Gasteiger partial charge in [0.25, 0.3) is 0 Å². The van der Waals surface area contributed by atoms with E-state index >= 15 is 0 Å². The molecule has 130 valence electrons. The molecule has 0 aliphatic carbocycles. The molecule has 0 saturated carbocycles. The van der Waals surface area contributed by atoms with Crippen LogP contribution >= 0.6 is 0 Å². The second kappa shape index (κ2) is 9.81. The quantitative estimate of drug-likeness (QED) is 0.466. The van der Waals surface area contributed by atoms with Gasteiger partial charge in [-0.3, -0.25) is 4.79 Å². The summed E-state index contributed by atoms with van der Waals surface area (Å²) in [5.41, 5.74) is 0. The number of carbonyl (C=O) groups excluding carboxylic acids is 1. The zero-order valence-electron chi connectivity index (χ0n) is 14.5. The fraction of sp³-hybridized carbons (Fsp3) is 0.450. The van der Waals surface area contributed by atoms with E-state index in [0.717, 1.165) is 54.6 Å². The first-order chi connectivity index (χ1) is 11.7. The molecule has 2 aromatic carbocycles. The van der Waals surface area contributed by atoms with Crippen molar-refractivity contribution in [2.24, 2.45) is 0 Å². The van der Waals surface area contributed by atoms with Gasteiger partial charge in [-0.2, -0.15) is 0 Å². The summed E-state index contributed by atoms with van der Waals surface area (Å²) in [5, 5.41) is 2.28. The van der Waals surface area contributed by atoms with Gasteiger partial charge in [0.2, 0.25) is 0 Å². The summed E-state index contributed by atoms with van der Waals surface area (Å²) in [6.07, 6.45) is 3.87. The molecule has 0 radical (unpaired) electrons. The van der Waals surface area contributed by atoms with Gasteiger partial charge >= 0.3 is 5.97 Å². The van der Waals surface area contributed by atoms with Crippen molar-refractivity contribution in [3.05, 3.63) is 36.4 Å². The number of ether oxygens (including phenoxy) is 3. The predicted molar refractivity (Wildman–Crippen MR) is 95.7 cm³/mol. The molecule has 0 amide bonds. The highest BCUT2D eigenvalue weighted by Gasteiger charge is 2.01. The first-order valence-electron chi connectivity index (χ1n) is 8.62. The second-order valence-electron chi connectivity index (χ2n) is 5.77. The smallest absolute Gasteiger partial charge is 0.302 e. The molecule has 0 atom stereocenters. The van der Waals surface area contributed by atoms with Crippen LogP contribution in [0.4, 0.5) is 0 Å². The SMILES string of the molecule is CCCCOc1ccc2cc(OCCCCOC(C)=O)ccc2c1. The lowest BCUT2D eigenvalue weighted by molar-refractivity contribution is -0.141. The van der Waals surface area contributed by atoms with E-state index in [4.69, 9.17) is 14.2 Å². The molecule has 0 unspecified atom stereocenters. The zero-order valence-corrected chi connectivity index (χ0v) is 14.5. The summed E-state index contributed by atoms with van der Waals surface area (Å²) in [7, 11) is 0. The van der Waals surface area contributed by atoms with Crippen LogP contribution in [0.5, 0.6) is 11.5 Å². The third-order valence-corrected chi connectivity index (χ3v) is 3.66. The molecule has 0 N–H and O–H groups in total. The van der Waals surface area contributed by atoms with E-state index in [0.29, 0.717) is 13.2 Å². The maximum absolute atomic E-state index is 10.7. The van der Waals surface area contributed by atoms with E-state index in [1.165, 1.54) is 6.92 Å². The monoisotopic (exact) mass is 330 g/mol. The molecule has 0 aliphatic heterocycles. The summed E-state index contributed by atoms with van der Waals surface area (Å²) >= 11 is 0. The third-order valence-electron chi connectivity index (χ3n) is 3.66. The van der Waals surface area contributed by atoms with Gasteiger partial charge in [0.05, 0.1) is 19.8 Å². The van der Waals surface area contributed by atoms with Gasteiger partial charge in [0.1, 0.15) is 11.5 Å². The summed E-state index contributed by atoms with van der Waals surface area (Å²) in [4.78, 5) is 10.7. The lowest BCUT2D eigenvalue weighted by atomic mass is 10.1. The van der Waals surface area contributed by atoms with Crippen LogP contribution in [-0.4, -0.2) is 25.8 Å². The second-order valence-corrected chi connectivity index (χ2v) is 5.77. The fourth-order valence-electron chi connectivity index (χ4n) is 2.33. The first-order valence-corrected chi connectivity index (χ1v) is 8.62. The van der Waals surface area contributed by atoms with Gasteiger partial charge in [-0.1, -0.05) is 25.5 Å². The fourth-order valence-corrected chi connectivity index (χ4v) is 2.33. The molecular weight excluding hydrogens is 304 g/mol. The highest BCUT2D eigenvalue weighted by molar-refractivity contribution is 5.85. The number of hydrogen-bond donors (Lipinski definition) is 0. The molecule has 0 aromatic heterocycles. The molecule has 0 fully saturated rings. The van der Waals surface area contributed by atoms with Crippen LogP contribution in [0.15, 0.2) is 36.4 Å². The molecule has 0 saturated heterocycles. The van der Waals surface area contributed by atoms with Gasteiger partial charge in [0.15, 0.2) is 0 Å². The molecule has 0 aliphatic rings. The van der Waals surface area contributed by atoms with Crippen molar-refractivity contribution < 1.29 is 19.0 Å². The summed E-state index contributed by atoms with van der Waals surface area (Å²) < 4.78 is 16.4. The van der Waals surface area contributed by atoms with Crippen molar-refractivity contribution in [3.63, 3.8) is 0 Å². The van der Waals surface area contributed by atoms with Crippen molar-refractivity contribution in [2.75, 3.05) is 19.8 Å². The minimum absolute atomic E-state index is 0.233. The maximum Gasteiger partial charge on any atom is 0.302 e. The maximum atomic E-state index is 10.7. The Hall–Kier alpha value is -2.23. The number of esters is 1. The normalized spacial score (nSPS) is 10.6. The van der Waals surface area contributed by atoms with E-state index in [2.05, 4.69) is 25.1 Å². The Morgan fingerprint density at radius 1 is 0.833 bits per heavy atom. The number of carbonyl (C=O) groups is 1. The van der Waals surface area contributed by atoms with Crippen LogP contribution < -0.4 is 9.47 Å². The topological polar surface area (TPSA) is 44.8 Å². The summed E-state index contributed by atoms with van der Waals surface area (Å²) in [5.74, 6) is 1.54. The number of hydrogen-bond acceptors (Lipinski definition) is 4. The van der Waals surface area contributed by atoms with Gasteiger partial charge in [-0.15, -0.1) is 0 Å². The average molecular weight is 330 g/mol. The molecule has 4 nitrogen and oxygen atoms in total. The minimum atomic E-state index is -0.233. The van der Waals surface area contributed by atoms with E-state index < -0.39 is 0 Å². The Kier molecular flexibility index (Phi) is 7.40. The Bertz CT molecular complexity index is 651. The summed E-state index contributed by atoms with van der Waals surface area (Å²) in [6, 6.07) is 12.2. The molecule has 2 aromatic rings. The standard InChI is InChI=1S/C20H26O4/c1-3-4-11-23-19-9-7-18-15-20(10-8-17(18)14-19)24-13-6-5-12-22-16(2)21/h7-10,14-15H,3-6,11-13H2,1-2H3. The van der Waals surface area contributed by atoms with Gasteiger partial charge in [-0.25, -0.2) is 0 Å². The lowest BCUT2D eigenvalue weighted by Crippen LogP contribution is -2.03. The van der Waals surface area contributed by atoms with Crippen LogP contribution in [0.3, 0.4) is 0 Å². The van der Waals surface area contributed by atoms with Crippen LogP contribution in [0.25, 0.3) is 10.8 Å². The largest absolute Gasteiger partial charge is 0.494 e. The van der Waals surface area contributed by atoms with Gasteiger partial charge < -0.3 is 14.2 Å². The highest BCUT2D eigenvalue weighted by atomic mass is 16.5. The Morgan fingerprint density at radius 3 is 1.92 bits per heavy atom. The molecular formula is C20H26O4. The molecule has 4 heteroatoms. The van der Waals surface area contributed by atoms with Crippen molar-refractivity contribution >= 4 is 16.7 Å². The Morgan fingerprint density at radius 2 is 1.38 bits per heavy atom. The lowest BCUT2D eigenvalue weighted by Gasteiger charge is -2.09. The minimum Gasteiger partial charge on any atom is -0.494 e. The predicted octanol–water partition coefficient (Wildman–Crippen LogP) is 4.74. The summed E-state index contributed by atoms with van der Waals surface area (Å²) in [6.45, 7) is 5.41. The van der Waals surface area contributed by atoms with Gasteiger partial charge in [-0.05, 0) is 54.3 Å². The van der Waals surface area contributed by atoms with Crippen LogP contribution in [0.1, 0.15) is 39.5 Å². The van der Waals surface area contributed by atoms with E-state index in [-0.39, 0.29) is 5.97 Å². The van der Waals surface area contributed by atoms with Crippen molar-refractivity contribution in [2.45, 2.75) is 39.5 Å². The number of fused-ring (bicyclic) bond motifs is 1. The Labute approximate surface area is 143 Å². The van der Waals surface area contributed by atoms with E-state index in [1.807, 2.05) is 18.2 Å². The molecule has 0 spiro atoms. The van der Waals surface area contributed by atoms with E-state index in [1.54, 1.807) is 0 Å².